The quantitative estimate of drug-likeness (QED) is 0.226. The summed E-state index contributed by atoms with van der Waals surface area (Å²) in [6, 6.07) is 14.9. The minimum absolute atomic E-state index is 0.819. The Morgan fingerprint density at radius 3 is 2.05 bits per heavy atom. The van der Waals surface area contributed by atoms with E-state index < -0.39 is 36.4 Å². The highest BCUT2D eigenvalue weighted by Crippen LogP contribution is 2.41. The number of carboxylic acids is 3. The van der Waals surface area contributed by atoms with Gasteiger partial charge in [0, 0.05) is 28.0 Å². The Morgan fingerprint density at radius 2 is 1.57 bits per heavy atom. The molecule has 1 aromatic heterocycles. The molecule has 0 bridgehead atoms. The van der Waals surface area contributed by atoms with Crippen molar-refractivity contribution in [2.45, 2.75) is 52.2 Å². The van der Waals surface area contributed by atoms with Crippen LogP contribution in [0, 0.1) is 0 Å². The third-order valence-electron chi connectivity index (χ3n) is 5.87. The molecule has 0 saturated heterocycles. The lowest BCUT2D eigenvalue weighted by Gasteiger charge is -2.18. The monoisotopic (exact) mass is 532 g/mol. The van der Waals surface area contributed by atoms with Gasteiger partial charge in [-0.1, -0.05) is 56.6 Å². The number of aryl methyl sites for hydroxylation is 1. The predicted molar refractivity (Wildman–Crippen MR) is 142 cm³/mol. The molecule has 9 nitrogen and oxygen atoms in total. The smallest absolute Gasteiger partial charge is 0.336 e. The van der Waals surface area contributed by atoms with Crippen LogP contribution < -0.4 is 5.32 Å². The van der Waals surface area contributed by atoms with Crippen LogP contribution in [0.4, 0.5) is 0 Å². The van der Waals surface area contributed by atoms with E-state index in [1.807, 2.05) is 6.07 Å². The zero-order valence-corrected chi connectivity index (χ0v) is 21.9. The molecule has 200 valence electrons. The Morgan fingerprint density at radius 1 is 0.973 bits per heavy atom. The van der Waals surface area contributed by atoms with Crippen LogP contribution in [0.2, 0.25) is 5.02 Å². The number of hydrogen-bond acceptors (Lipinski definition) is 5. The van der Waals surface area contributed by atoms with Gasteiger partial charge < -0.3 is 30.3 Å². The molecule has 0 aliphatic carbocycles. The van der Waals surface area contributed by atoms with Crippen LogP contribution in [0.15, 0.2) is 42.5 Å². The molecule has 0 radical (unpaired) electrons. The SMILES string of the molecule is CCNCC.CCc1c2n(c3ccc(Cl)cc13)Cc1ccccc1-2.O=C(O)CC(O)(CC(=O)O)C(=O)O. The summed E-state index contributed by atoms with van der Waals surface area (Å²) in [5.41, 5.74) is 4.17. The first-order valence-corrected chi connectivity index (χ1v) is 12.4. The maximum absolute atomic E-state index is 10.3. The van der Waals surface area contributed by atoms with E-state index in [-0.39, 0.29) is 0 Å². The molecule has 1 aliphatic heterocycles. The van der Waals surface area contributed by atoms with Crippen LogP contribution in [-0.4, -0.2) is 61.6 Å². The Hall–Kier alpha value is -3.40. The van der Waals surface area contributed by atoms with Gasteiger partial charge >= 0.3 is 17.9 Å². The second kappa shape index (κ2) is 13.2. The number of nitrogens with zero attached hydrogens (tertiary/aromatic N) is 1. The average Bonchev–Trinajstić information content (AvgIpc) is 3.33. The molecule has 3 aromatic rings. The van der Waals surface area contributed by atoms with E-state index in [1.165, 1.54) is 33.3 Å². The fourth-order valence-corrected chi connectivity index (χ4v) is 4.42. The number of fused-ring (bicyclic) bond motifs is 5. The normalized spacial score (nSPS) is 11.5. The molecule has 0 amide bonds. The fraction of sp³-hybridized carbons (Fsp3) is 0.370. The molecule has 0 atom stereocenters. The van der Waals surface area contributed by atoms with Crippen LogP contribution >= 0.6 is 11.6 Å². The van der Waals surface area contributed by atoms with Gasteiger partial charge in [0.2, 0.25) is 0 Å². The van der Waals surface area contributed by atoms with Gasteiger partial charge in [0.15, 0.2) is 5.60 Å². The molecule has 2 aromatic carbocycles. The van der Waals surface area contributed by atoms with Gasteiger partial charge in [0.05, 0.1) is 18.5 Å². The van der Waals surface area contributed by atoms with Gasteiger partial charge in [-0.05, 0) is 48.8 Å². The van der Waals surface area contributed by atoms with E-state index in [9.17, 15) is 14.4 Å². The van der Waals surface area contributed by atoms with Crippen molar-refractivity contribution in [1.82, 2.24) is 9.88 Å². The Bertz CT molecular complexity index is 1250. The van der Waals surface area contributed by atoms with E-state index in [0.717, 1.165) is 31.1 Å². The van der Waals surface area contributed by atoms with Crippen molar-refractivity contribution in [2.24, 2.45) is 0 Å². The van der Waals surface area contributed by atoms with Gasteiger partial charge in [-0.25, -0.2) is 4.79 Å². The van der Waals surface area contributed by atoms with Gasteiger partial charge in [0.25, 0.3) is 0 Å². The summed E-state index contributed by atoms with van der Waals surface area (Å²) in [5.74, 6) is -5.02. The van der Waals surface area contributed by atoms with Crippen LogP contribution in [0.1, 0.15) is 44.7 Å². The number of rotatable bonds is 8. The number of nitrogens with one attached hydrogen (secondary N) is 1. The van der Waals surface area contributed by atoms with Crippen LogP contribution in [0.5, 0.6) is 0 Å². The van der Waals surface area contributed by atoms with Gasteiger partial charge in [0.1, 0.15) is 0 Å². The number of halogens is 1. The number of benzene rings is 2. The largest absolute Gasteiger partial charge is 0.481 e. The van der Waals surface area contributed by atoms with Crippen molar-refractivity contribution in [2.75, 3.05) is 13.1 Å². The maximum Gasteiger partial charge on any atom is 0.336 e. The van der Waals surface area contributed by atoms with E-state index in [0.29, 0.717) is 0 Å². The van der Waals surface area contributed by atoms with Gasteiger partial charge in [-0.3, -0.25) is 9.59 Å². The van der Waals surface area contributed by atoms with Crippen LogP contribution in [0.25, 0.3) is 22.2 Å². The van der Waals surface area contributed by atoms with Crippen LogP contribution in [0.3, 0.4) is 0 Å². The van der Waals surface area contributed by atoms with Crippen molar-refractivity contribution in [3.8, 4) is 11.3 Å². The Labute approximate surface area is 220 Å². The van der Waals surface area contributed by atoms with E-state index in [1.54, 1.807) is 0 Å². The summed E-state index contributed by atoms with van der Waals surface area (Å²) < 4.78 is 2.43. The number of aliphatic hydroxyl groups is 1. The highest BCUT2D eigenvalue weighted by Gasteiger charge is 2.40. The third-order valence-corrected chi connectivity index (χ3v) is 6.11. The van der Waals surface area contributed by atoms with Crippen molar-refractivity contribution in [1.29, 1.82) is 0 Å². The lowest BCUT2D eigenvalue weighted by molar-refractivity contribution is -0.170. The standard InChI is InChI=1S/C17H14ClN.C6H8O7.C4H11N/c1-2-13-15-9-12(18)7-8-16(15)19-10-11-5-3-4-6-14(11)17(13)19;7-3(8)1-6(13,5(11)12)2-4(9)10;1-3-5-4-2/h3-9H,2,10H2,1H3;13H,1-2H2,(H,7,8)(H,9,10)(H,11,12);5H,3-4H2,1-2H3. The second-order valence-corrected chi connectivity index (χ2v) is 8.96. The molecule has 0 fully saturated rings. The molecule has 0 unspecified atom stereocenters. The van der Waals surface area contributed by atoms with Crippen LogP contribution in [-0.2, 0) is 27.3 Å². The molecule has 10 heteroatoms. The first-order chi connectivity index (χ1) is 17.5. The molecule has 4 rings (SSSR count). The number of hydrogen-bond donors (Lipinski definition) is 5. The average molecular weight is 533 g/mol. The topological polar surface area (TPSA) is 149 Å². The molecular formula is C27H33ClN2O7. The first-order valence-electron chi connectivity index (χ1n) is 12.0. The highest BCUT2D eigenvalue weighted by molar-refractivity contribution is 6.31. The molecular weight excluding hydrogens is 500 g/mol. The van der Waals surface area contributed by atoms with Gasteiger partial charge in [-0.2, -0.15) is 0 Å². The molecule has 1 aliphatic rings. The Balaban J connectivity index is 0.000000234. The van der Waals surface area contributed by atoms with Crippen molar-refractivity contribution < 1.29 is 34.8 Å². The molecule has 37 heavy (non-hydrogen) atoms. The number of carboxylic acid groups (broad SMARTS) is 3. The zero-order valence-electron chi connectivity index (χ0n) is 21.1. The molecule has 5 N–H and O–H groups in total. The third kappa shape index (κ3) is 7.31. The number of aromatic nitrogens is 1. The molecule has 0 spiro atoms. The summed E-state index contributed by atoms with van der Waals surface area (Å²) in [5, 5.41) is 39.0. The maximum atomic E-state index is 10.3. The first kappa shape index (κ1) is 29.8. The van der Waals surface area contributed by atoms with Gasteiger partial charge in [-0.15, -0.1) is 0 Å². The van der Waals surface area contributed by atoms with E-state index in [4.69, 9.17) is 32.0 Å². The summed E-state index contributed by atoms with van der Waals surface area (Å²) in [6.45, 7) is 9.58. The van der Waals surface area contributed by atoms with E-state index >= 15 is 0 Å². The fourth-order valence-electron chi connectivity index (χ4n) is 4.25. The predicted octanol–water partition coefficient (Wildman–Crippen LogP) is 4.25. The minimum Gasteiger partial charge on any atom is -0.481 e. The molecule has 2 heterocycles. The number of carbonyl (C=O) groups is 3. The second-order valence-electron chi connectivity index (χ2n) is 8.52. The highest BCUT2D eigenvalue weighted by atomic mass is 35.5. The lowest BCUT2D eigenvalue weighted by atomic mass is 9.96. The van der Waals surface area contributed by atoms with E-state index in [2.05, 4.69) is 67.1 Å². The summed E-state index contributed by atoms with van der Waals surface area (Å²) in [6.07, 6.45) is -1.25. The summed E-state index contributed by atoms with van der Waals surface area (Å²) >= 11 is 6.16. The lowest BCUT2D eigenvalue weighted by Crippen LogP contribution is -2.42. The zero-order chi connectivity index (χ0) is 27.8. The van der Waals surface area contributed by atoms with Crippen molar-refractivity contribution in [3.63, 3.8) is 0 Å². The van der Waals surface area contributed by atoms with Crippen molar-refractivity contribution >= 4 is 40.4 Å². The van der Waals surface area contributed by atoms with Crippen molar-refractivity contribution in [3.05, 3.63) is 58.6 Å². The summed E-state index contributed by atoms with van der Waals surface area (Å²) in [4.78, 5) is 30.5. The minimum atomic E-state index is -2.74. The summed E-state index contributed by atoms with van der Waals surface area (Å²) in [7, 11) is 0. The Kier molecular flexibility index (Phi) is 10.7. The molecule has 0 saturated carbocycles. The number of aliphatic carboxylic acids is 3.